The van der Waals surface area contributed by atoms with Crippen molar-refractivity contribution in [1.29, 1.82) is 0 Å². The Morgan fingerprint density at radius 1 is 1.42 bits per heavy atom. The summed E-state index contributed by atoms with van der Waals surface area (Å²) < 4.78 is 49.6. The number of nitrogens with one attached hydrogen (secondary N) is 1. The van der Waals surface area contributed by atoms with Crippen LogP contribution in [0.4, 0.5) is 23.2 Å². The van der Waals surface area contributed by atoms with Gasteiger partial charge < -0.3 is 15.6 Å². The zero-order valence-electron chi connectivity index (χ0n) is 9.58. The van der Waals surface area contributed by atoms with E-state index in [0.717, 1.165) is 16.8 Å². The molecule has 0 unspecified atom stereocenters. The number of rotatable bonds is 5. The molecule has 0 atom stereocenters. The fourth-order valence-electron chi connectivity index (χ4n) is 1.18. The van der Waals surface area contributed by atoms with Crippen LogP contribution in [0.3, 0.4) is 0 Å². The first-order valence-electron chi connectivity index (χ1n) is 5.11. The van der Waals surface area contributed by atoms with Crippen LogP contribution in [0, 0.1) is 0 Å². The molecule has 0 fully saturated rings. The first-order valence-corrected chi connectivity index (χ1v) is 5.11. The fraction of sp³-hybridized carbons (Fsp3) is 0.400. The Morgan fingerprint density at radius 2 is 2.05 bits per heavy atom. The summed E-state index contributed by atoms with van der Waals surface area (Å²) in [6, 6.07) is 2.40. The molecule has 19 heavy (non-hydrogen) atoms. The summed E-state index contributed by atoms with van der Waals surface area (Å²) in [6.07, 6.45) is -2.73. The minimum absolute atomic E-state index is 0.199. The normalized spacial score (nSPS) is 11.6. The monoisotopic (exact) mass is 281 g/mol. The molecule has 106 valence electrons. The van der Waals surface area contributed by atoms with E-state index in [1.165, 1.54) is 6.07 Å². The summed E-state index contributed by atoms with van der Waals surface area (Å²) in [5.41, 5.74) is 5.01. The number of halogens is 4. The summed E-state index contributed by atoms with van der Waals surface area (Å²) in [6.45, 7) is -2.08. The van der Waals surface area contributed by atoms with Gasteiger partial charge in [-0.2, -0.15) is 8.78 Å². The molecule has 0 saturated heterocycles. The number of nitrogen functional groups attached to an aromatic ring is 1. The molecule has 0 aliphatic heterocycles. The molecule has 0 aliphatic rings. The Hall–Kier alpha value is -2.06. The molecule has 0 spiro atoms. The number of nitrogens with zero attached hydrogens (tertiary/aromatic N) is 1. The number of amides is 1. The highest BCUT2D eigenvalue weighted by Gasteiger charge is 2.40. The summed E-state index contributed by atoms with van der Waals surface area (Å²) in [4.78, 5) is 22.5. The van der Waals surface area contributed by atoms with Gasteiger partial charge in [-0.3, -0.25) is 9.59 Å². The zero-order chi connectivity index (χ0) is 14.6. The molecule has 0 radical (unpaired) electrons. The van der Waals surface area contributed by atoms with Gasteiger partial charge in [0.25, 0.3) is 5.56 Å². The van der Waals surface area contributed by atoms with E-state index in [1.807, 2.05) is 0 Å². The van der Waals surface area contributed by atoms with Gasteiger partial charge in [-0.25, -0.2) is 8.78 Å². The van der Waals surface area contributed by atoms with E-state index in [0.29, 0.717) is 0 Å². The largest absolute Gasteiger partial charge is 0.398 e. The molecule has 0 bridgehead atoms. The number of hydrogen-bond donors (Lipinski definition) is 2. The number of carbonyl (C=O) groups excluding carboxylic acids is 1. The molecule has 3 N–H and O–H groups in total. The van der Waals surface area contributed by atoms with Crippen molar-refractivity contribution in [3.63, 3.8) is 0 Å². The number of nitrogens with two attached hydrogens (primary N) is 1. The molecule has 1 heterocycles. The Kier molecular flexibility index (Phi) is 4.52. The van der Waals surface area contributed by atoms with Crippen LogP contribution in [-0.4, -0.2) is 29.4 Å². The summed E-state index contributed by atoms with van der Waals surface area (Å²) in [5.74, 6) is -5.30. The lowest BCUT2D eigenvalue weighted by atomic mass is 10.3. The van der Waals surface area contributed by atoms with Crippen LogP contribution in [0.5, 0.6) is 0 Å². The van der Waals surface area contributed by atoms with E-state index >= 15 is 0 Å². The average Bonchev–Trinajstić information content (AvgIpc) is 2.31. The van der Waals surface area contributed by atoms with E-state index in [1.54, 1.807) is 5.32 Å². The van der Waals surface area contributed by atoms with Crippen molar-refractivity contribution in [2.45, 2.75) is 18.9 Å². The van der Waals surface area contributed by atoms with Crippen molar-refractivity contribution in [1.82, 2.24) is 9.88 Å². The second-order valence-electron chi connectivity index (χ2n) is 3.77. The second kappa shape index (κ2) is 5.72. The van der Waals surface area contributed by atoms with E-state index in [4.69, 9.17) is 5.73 Å². The molecule has 1 rings (SSSR count). The van der Waals surface area contributed by atoms with Crippen molar-refractivity contribution < 1.29 is 22.4 Å². The standard InChI is InChI=1S/C10H11F4N3O2/c11-9(12)10(13,14)5-16-7(18)4-17-3-6(15)1-2-8(17)19/h1-3,9H,4-5,15H2,(H,16,18). The van der Waals surface area contributed by atoms with Gasteiger partial charge >= 0.3 is 12.3 Å². The Bertz CT molecular complexity index is 516. The molecule has 9 heteroatoms. The van der Waals surface area contributed by atoms with Crippen LogP contribution >= 0.6 is 0 Å². The average molecular weight is 281 g/mol. The molecule has 0 aromatic carbocycles. The van der Waals surface area contributed by atoms with E-state index in [-0.39, 0.29) is 5.69 Å². The lowest BCUT2D eigenvalue weighted by Crippen LogP contribution is -2.43. The molecule has 1 aromatic heterocycles. The van der Waals surface area contributed by atoms with Crippen LogP contribution in [0.25, 0.3) is 0 Å². The van der Waals surface area contributed by atoms with E-state index in [9.17, 15) is 27.2 Å². The van der Waals surface area contributed by atoms with Gasteiger partial charge in [0.05, 0.1) is 6.54 Å². The van der Waals surface area contributed by atoms with Gasteiger partial charge in [-0.15, -0.1) is 0 Å². The highest BCUT2D eigenvalue weighted by Crippen LogP contribution is 2.21. The Labute approximate surface area is 105 Å². The van der Waals surface area contributed by atoms with Crippen molar-refractivity contribution in [2.24, 2.45) is 0 Å². The van der Waals surface area contributed by atoms with Crippen molar-refractivity contribution in [3.05, 3.63) is 28.7 Å². The SMILES string of the molecule is Nc1ccc(=O)n(CC(=O)NCC(F)(F)C(F)F)c1. The molecule has 1 amide bonds. The summed E-state index contributed by atoms with van der Waals surface area (Å²) in [7, 11) is 0. The van der Waals surface area contributed by atoms with Crippen LogP contribution in [0.2, 0.25) is 0 Å². The maximum atomic E-state index is 12.5. The number of hydrogen-bond acceptors (Lipinski definition) is 3. The van der Waals surface area contributed by atoms with Crippen molar-refractivity contribution in [2.75, 3.05) is 12.3 Å². The number of aromatic nitrogens is 1. The Morgan fingerprint density at radius 3 is 2.63 bits per heavy atom. The minimum atomic E-state index is -4.31. The fourth-order valence-corrected chi connectivity index (χ4v) is 1.18. The van der Waals surface area contributed by atoms with Gasteiger partial charge in [0.2, 0.25) is 5.91 Å². The second-order valence-corrected chi connectivity index (χ2v) is 3.77. The maximum Gasteiger partial charge on any atom is 0.324 e. The summed E-state index contributed by atoms with van der Waals surface area (Å²) in [5, 5.41) is 1.63. The van der Waals surface area contributed by atoms with Crippen molar-refractivity contribution >= 4 is 11.6 Å². The predicted octanol–water partition coefficient (Wildman–Crippen LogP) is 0.447. The van der Waals surface area contributed by atoms with Gasteiger partial charge in [0.15, 0.2) is 0 Å². The smallest absolute Gasteiger partial charge is 0.324 e. The van der Waals surface area contributed by atoms with Gasteiger partial charge in [-0.1, -0.05) is 0 Å². The zero-order valence-corrected chi connectivity index (χ0v) is 9.58. The van der Waals surface area contributed by atoms with Crippen LogP contribution in [-0.2, 0) is 11.3 Å². The van der Waals surface area contributed by atoms with Crippen molar-refractivity contribution in [3.8, 4) is 0 Å². The third-order valence-corrected chi connectivity index (χ3v) is 2.16. The number of alkyl halides is 4. The molecular weight excluding hydrogens is 270 g/mol. The topological polar surface area (TPSA) is 77.1 Å². The first kappa shape index (κ1) is 15.0. The van der Waals surface area contributed by atoms with E-state index in [2.05, 4.69) is 0 Å². The lowest BCUT2D eigenvalue weighted by molar-refractivity contribution is -0.136. The third-order valence-electron chi connectivity index (χ3n) is 2.16. The maximum absolute atomic E-state index is 12.5. The van der Waals surface area contributed by atoms with E-state index < -0.39 is 36.9 Å². The third kappa shape index (κ3) is 4.27. The van der Waals surface area contributed by atoms with Crippen LogP contribution in [0.15, 0.2) is 23.1 Å². The minimum Gasteiger partial charge on any atom is -0.398 e. The highest BCUT2D eigenvalue weighted by molar-refractivity contribution is 5.75. The number of pyridine rings is 1. The molecular formula is C10H11F4N3O2. The quantitative estimate of drug-likeness (QED) is 0.769. The van der Waals surface area contributed by atoms with Crippen LogP contribution in [0.1, 0.15) is 0 Å². The predicted molar refractivity (Wildman–Crippen MR) is 59.1 cm³/mol. The molecule has 0 aliphatic carbocycles. The van der Waals surface area contributed by atoms with Gasteiger partial charge in [0.1, 0.15) is 6.54 Å². The molecule has 5 nitrogen and oxygen atoms in total. The highest BCUT2D eigenvalue weighted by atomic mass is 19.3. The molecule has 1 aromatic rings. The lowest BCUT2D eigenvalue weighted by Gasteiger charge is -2.16. The number of anilines is 1. The Balaban J connectivity index is 2.61. The van der Waals surface area contributed by atoms with Gasteiger partial charge in [-0.05, 0) is 6.07 Å². The number of carbonyl (C=O) groups is 1. The summed E-state index contributed by atoms with van der Waals surface area (Å²) >= 11 is 0. The van der Waals surface area contributed by atoms with Crippen LogP contribution < -0.4 is 16.6 Å². The molecule has 0 saturated carbocycles. The first-order chi connectivity index (χ1) is 8.72. The van der Waals surface area contributed by atoms with Gasteiger partial charge in [0, 0.05) is 18.0 Å².